The number of nitrogens with zero attached hydrogens (tertiary/aromatic N) is 4. The summed E-state index contributed by atoms with van der Waals surface area (Å²) in [6.45, 7) is 3.71. The summed E-state index contributed by atoms with van der Waals surface area (Å²) in [5.41, 5.74) is 1.16. The lowest BCUT2D eigenvalue weighted by atomic mass is 10.2. The minimum atomic E-state index is -3.85. The average Bonchev–Trinajstić information content (AvgIpc) is 2.74. The molecule has 2 aromatic rings. The Morgan fingerprint density at radius 1 is 1.43 bits per heavy atom. The number of anilines is 1. The van der Waals surface area contributed by atoms with E-state index in [4.69, 9.17) is 0 Å². The zero-order chi connectivity index (χ0) is 15.8. The smallest absolute Gasteiger partial charge is 0.284 e. The van der Waals surface area contributed by atoms with Crippen molar-refractivity contribution in [3.63, 3.8) is 0 Å². The maximum Gasteiger partial charge on any atom is 0.284 e. The van der Waals surface area contributed by atoms with Gasteiger partial charge in [0.1, 0.15) is 5.75 Å². The van der Waals surface area contributed by atoms with Gasteiger partial charge >= 0.3 is 0 Å². The third-order valence-corrected chi connectivity index (χ3v) is 5.80. The molecule has 2 rings (SSSR count). The molecule has 0 spiro atoms. The van der Waals surface area contributed by atoms with Gasteiger partial charge in [0.15, 0.2) is 4.60 Å². The Bertz CT molecular complexity index is 753. The van der Waals surface area contributed by atoms with E-state index in [0.717, 1.165) is 5.56 Å². The molecule has 0 saturated carbocycles. The number of phenols is 1. The second kappa shape index (κ2) is 5.64. The third kappa shape index (κ3) is 2.75. The first-order valence-electron chi connectivity index (χ1n) is 6.16. The van der Waals surface area contributed by atoms with E-state index >= 15 is 0 Å². The van der Waals surface area contributed by atoms with Crippen LogP contribution in [0.25, 0.3) is 0 Å². The summed E-state index contributed by atoms with van der Waals surface area (Å²) >= 11 is 3.11. The van der Waals surface area contributed by atoms with Gasteiger partial charge in [0.05, 0.1) is 5.69 Å². The van der Waals surface area contributed by atoms with Gasteiger partial charge in [0.25, 0.3) is 10.0 Å². The van der Waals surface area contributed by atoms with E-state index in [9.17, 15) is 13.5 Å². The first-order valence-corrected chi connectivity index (χ1v) is 8.40. The van der Waals surface area contributed by atoms with Crippen molar-refractivity contribution >= 4 is 31.6 Å². The molecule has 0 radical (unpaired) electrons. The second-order valence-corrected chi connectivity index (χ2v) is 6.98. The quantitative estimate of drug-likeness (QED) is 0.881. The fourth-order valence-corrected chi connectivity index (χ4v) is 4.61. The maximum absolute atomic E-state index is 12.8. The predicted octanol–water partition coefficient (Wildman–Crippen LogP) is 1.81. The summed E-state index contributed by atoms with van der Waals surface area (Å²) in [6.07, 6.45) is 0. The van der Waals surface area contributed by atoms with Gasteiger partial charge in [-0.25, -0.2) is 4.68 Å². The summed E-state index contributed by atoms with van der Waals surface area (Å²) in [7, 11) is -2.34. The highest BCUT2D eigenvalue weighted by Crippen LogP contribution is 2.31. The number of rotatable bonds is 4. The normalized spacial score (nSPS) is 11.6. The number of hydrogen-bond acceptors (Lipinski definition) is 5. The number of phenolic OH excluding ortho intramolecular Hbond substituents is 1. The predicted molar refractivity (Wildman–Crippen MR) is 81.8 cm³/mol. The molecule has 0 aliphatic heterocycles. The molecule has 0 saturated heterocycles. The molecule has 0 aliphatic rings. The number of aromatic nitrogens is 3. The van der Waals surface area contributed by atoms with Gasteiger partial charge in [-0.15, -0.1) is 5.10 Å². The van der Waals surface area contributed by atoms with E-state index in [1.165, 1.54) is 28.2 Å². The standard InChI is InChI=1S/C12H15BrN4O3S/c1-4-17(10-7-9(18)6-5-8(10)2)21(19,20)12-11(13)14-15-16(12)3/h5-7,18H,4H2,1-3H3. The van der Waals surface area contributed by atoms with E-state index < -0.39 is 10.0 Å². The Balaban J connectivity index is 2.63. The van der Waals surface area contributed by atoms with Crippen LogP contribution in [0.15, 0.2) is 27.8 Å². The van der Waals surface area contributed by atoms with Crippen LogP contribution in [0.1, 0.15) is 12.5 Å². The summed E-state index contributed by atoms with van der Waals surface area (Å²) in [5.74, 6) is 0.00597. The van der Waals surface area contributed by atoms with Crippen LogP contribution in [0.4, 0.5) is 5.69 Å². The topological polar surface area (TPSA) is 88.3 Å². The van der Waals surface area contributed by atoms with Gasteiger partial charge < -0.3 is 5.11 Å². The van der Waals surface area contributed by atoms with Crippen LogP contribution in [-0.2, 0) is 17.1 Å². The van der Waals surface area contributed by atoms with Gasteiger partial charge in [-0.2, -0.15) is 8.42 Å². The number of aryl methyl sites for hydroxylation is 2. The van der Waals surface area contributed by atoms with Crippen LogP contribution in [-0.4, -0.2) is 35.1 Å². The fraction of sp³-hybridized carbons (Fsp3) is 0.333. The molecule has 0 fully saturated rings. The Hall–Kier alpha value is -1.61. The SMILES string of the molecule is CCN(c1cc(O)ccc1C)S(=O)(=O)c1c(Br)nnn1C. The van der Waals surface area contributed by atoms with Crippen LogP contribution >= 0.6 is 15.9 Å². The zero-order valence-electron chi connectivity index (χ0n) is 11.8. The van der Waals surface area contributed by atoms with Crippen LogP contribution in [0.3, 0.4) is 0 Å². The molecule has 21 heavy (non-hydrogen) atoms. The van der Waals surface area contributed by atoms with Crippen molar-refractivity contribution in [1.82, 2.24) is 15.0 Å². The van der Waals surface area contributed by atoms with Gasteiger partial charge in [0, 0.05) is 19.7 Å². The van der Waals surface area contributed by atoms with Crippen LogP contribution in [0.5, 0.6) is 5.75 Å². The minimum absolute atomic E-state index is 0.00597. The largest absolute Gasteiger partial charge is 0.508 e. The Labute approximate surface area is 131 Å². The number of hydrogen-bond donors (Lipinski definition) is 1. The molecule has 0 unspecified atom stereocenters. The van der Waals surface area contributed by atoms with Crippen molar-refractivity contribution in [1.29, 1.82) is 0 Å². The van der Waals surface area contributed by atoms with E-state index in [0.29, 0.717) is 5.69 Å². The van der Waals surface area contributed by atoms with Gasteiger partial charge in [-0.3, -0.25) is 4.31 Å². The van der Waals surface area contributed by atoms with Gasteiger partial charge in [0.2, 0.25) is 5.03 Å². The molecular weight excluding hydrogens is 360 g/mol. The summed E-state index contributed by atoms with van der Waals surface area (Å²) in [4.78, 5) is 0. The molecule has 1 aromatic heterocycles. The molecule has 1 N–H and O–H groups in total. The third-order valence-electron chi connectivity index (χ3n) is 3.02. The molecule has 0 bridgehead atoms. The first kappa shape index (κ1) is 15.8. The van der Waals surface area contributed by atoms with E-state index in [2.05, 4.69) is 26.2 Å². The van der Waals surface area contributed by atoms with E-state index in [1.807, 2.05) is 0 Å². The van der Waals surface area contributed by atoms with Crippen molar-refractivity contribution in [2.45, 2.75) is 18.9 Å². The Kier molecular flexibility index (Phi) is 4.24. The molecule has 1 aromatic carbocycles. The number of sulfonamides is 1. The molecule has 0 atom stereocenters. The number of benzene rings is 1. The van der Waals surface area contributed by atoms with Crippen molar-refractivity contribution in [3.05, 3.63) is 28.4 Å². The zero-order valence-corrected chi connectivity index (χ0v) is 14.2. The molecule has 0 amide bonds. The Morgan fingerprint density at radius 3 is 2.62 bits per heavy atom. The molecule has 9 heteroatoms. The maximum atomic E-state index is 12.8. The molecule has 1 heterocycles. The summed E-state index contributed by atoms with van der Waals surface area (Å²) < 4.78 is 28.2. The monoisotopic (exact) mass is 374 g/mol. The highest BCUT2D eigenvalue weighted by atomic mass is 79.9. The lowest BCUT2D eigenvalue weighted by Crippen LogP contribution is -2.33. The number of halogens is 1. The lowest BCUT2D eigenvalue weighted by Gasteiger charge is -2.24. The van der Waals surface area contributed by atoms with Gasteiger partial charge in [-0.05, 0) is 41.4 Å². The van der Waals surface area contributed by atoms with Crippen molar-refractivity contribution in [2.24, 2.45) is 7.05 Å². The molecule has 7 nitrogen and oxygen atoms in total. The Morgan fingerprint density at radius 2 is 2.10 bits per heavy atom. The van der Waals surface area contributed by atoms with E-state index in [-0.39, 0.29) is 21.9 Å². The number of aromatic hydroxyl groups is 1. The lowest BCUT2D eigenvalue weighted by molar-refractivity contribution is 0.475. The molecule has 114 valence electrons. The molecule has 0 aliphatic carbocycles. The van der Waals surface area contributed by atoms with Crippen LogP contribution < -0.4 is 4.31 Å². The average molecular weight is 375 g/mol. The minimum Gasteiger partial charge on any atom is -0.508 e. The van der Waals surface area contributed by atoms with Crippen molar-refractivity contribution in [3.8, 4) is 5.75 Å². The first-order chi connectivity index (χ1) is 9.78. The van der Waals surface area contributed by atoms with Gasteiger partial charge in [-0.1, -0.05) is 11.3 Å². The van der Waals surface area contributed by atoms with E-state index in [1.54, 1.807) is 19.9 Å². The fourth-order valence-electron chi connectivity index (χ4n) is 2.04. The highest BCUT2D eigenvalue weighted by molar-refractivity contribution is 9.10. The highest BCUT2D eigenvalue weighted by Gasteiger charge is 2.31. The summed E-state index contributed by atoms with van der Waals surface area (Å²) in [6, 6.07) is 4.61. The second-order valence-electron chi connectivity index (χ2n) is 4.45. The summed E-state index contributed by atoms with van der Waals surface area (Å²) in [5, 5.41) is 17.0. The van der Waals surface area contributed by atoms with Crippen molar-refractivity contribution < 1.29 is 13.5 Å². The van der Waals surface area contributed by atoms with Crippen molar-refractivity contribution in [2.75, 3.05) is 10.8 Å². The molecular formula is C12H15BrN4O3S. The van der Waals surface area contributed by atoms with Crippen LogP contribution in [0, 0.1) is 6.92 Å². The van der Waals surface area contributed by atoms with Crippen LogP contribution in [0.2, 0.25) is 0 Å².